The van der Waals surface area contributed by atoms with Gasteiger partial charge in [-0.2, -0.15) is 0 Å². The first-order chi connectivity index (χ1) is 12.8. The van der Waals surface area contributed by atoms with Crippen molar-refractivity contribution in [1.29, 1.82) is 0 Å². The van der Waals surface area contributed by atoms with Crippen LogP contribution < -0.4 is 15.0 Å². The molecule has 1 N–H and O–H groups in total. The van der Waals surface area contributed by atoms with Crippen LogP contribution in [0, 0.1) is 5.92 Å². The Morgan fingerprint density at radius 1 is 1.11 bits per heavy atom. The number of carbonyl (C=O) groups is 2. The lowest BCUT2D eigenvalue weighted by Gasteiger charge is -2.23. The number of hydrogen-bond donors (Lipinski definition) is 1. The summed E-state index contributed by atoms with van der Waals surface area (Å²) in [5.74, 6) is -0.206. The summed E-state index contributed by atoms with van der Waals surface area (Å²) in [4.78, 5) is 26.7. The third kappa shape index (κ3) is 4.88. The van der Waals surface area contributed by atoms with Crippen LogP contribution in [0.1, 0.15) is 32.8 Å². The number of nitrogens with one attached hydrogen (secondary N) is 1. The summed E-state index contributed by atoms with van der Waals surface area (Å²) in [6.45, 7) is 6.78. The zero-order valence-corrected chi connectivity index (χ0v) is 16.1. The Kier molecular flexibility index (Phi) is 5.49. The lowest BCUT2D eigenvalue weighted by molar-refractivity contribution is -0.133. The maximum absolute atomic E-state index is 12.7. The number of hydrogen-bond acceptors (Lipinski definition) is 3. The minimum Gasteiger partial charge on any atom is -0.489 e. The highest BCUT2D eigenvalue weighted by molar-refractivity contribution is 6.09. The largest absolute Gasteiger partial charge is 0.489 e. The van der Waals surface area contributed by atoms with Crippen LogP contribution >= 0.6 is 0 Å². The van der Waals surface area contributed by atoms with Gasteiger partial charge in [-0.3, -0.25) is 9.59 Å². The van der Waals surface area contributed by atoms with E-state index in [0.29, 0.717) is 19.6 Å². The molecule has 0 bridgehead atoms. The van der Waals surface area contributed by atoms with Gasteiger partial charge in [0.1, 0.15) is 18.3 Å². The maximum Gasteiger partial charge on any atom is 0.239 e. The van der Waals surface area contributed by atoms with Crippen LogP contribution in [0.25, 0.3) is 0 Å². The van der Waals surface area contributed by atoms with Crippen LogP contribution in [0.15, 0.2) is 54.6 Å². The molecule has 5 nitrogen and oxygen atoms in total. The number of amides is 2. The predicted molar refractivity (Wildman–Crippen MR) is 106 cm³/mol. The predicted octanol–water partition coefficient (Wildman–Crippen LogP) is 3.53. The molecule has 3 rings (SSSR count). The van der Waals surface area contributed by atoms with Gasteiger partial charge in [0.2, 0.25) is 11.8 Å². The number of anilines is 1. The van der Waals surface area contributed by atoms with Crippen LogP contribution in [0.4, 0.5) is 5.69 Å². The topological polar surface area (TPSA) is 58.6 Å². The number of rotatable bonds is 5. The third-order valence-corrected chi connectivity index (χ3v) is 4.42. The van der Waals surface area contributed by atoms with Crippen molar-refractivity contribution >= 4 is 17.5 Å². The summed E-state index contributed by atoms with van der Waals surface area (Å²) >= 11 is 0. The smallest absolute Gasteiger partial charge is 0.239 e. The Hall–Kier alpha value is -2.82. The van der Waals surface area contributed by atoms with Gasteiger partial charge in [-0.15, -0.1) is 0 Å². The average molecular weight is 366 g/mol. The summed E-state index contributed by atoms with van der Waals surface area (Å²) in [6.07, 6.45) is 0.535. The van der Waals surface area contributed by atoms with Gasteiger partial charge in [-0.05, 0) is 57.0 Å². The molecule has 2 aromatic carbocycles. The third-order valence-electron chi connectivity index (χ3n) is 4.42. The van der Waals surface area contributed by atoms with Crippen molar-refractivity contribution < 1.29 is 14.3 Å². The van der Waals surface area contributed by atoms with Crippen molar-refractivity contribution in [3.05, 3.63) is 60.2 Å². The second-order valence-electron chi connectivity index (χ2n) is 7.84. The highest BCUT2D eigenvalue weighted by atomic mass is 16.5. The van der Waals surface area contributed by atoms with Gasteiger partial charge in [-0.1, -0.05) is 30.3 Å². The van der Waals surface area contributed by atoms with Crippen molar-refractivity contribution in [2.75, 3.05) is 11.4 Å². The molecule has 27 heavy (non-hydrogen) atoms. The Balaban J connectivity index is 1.60. The number of benzene rings is 2. The SMILES string of the molecule is CC(C)(C)NC(=O)[C@H]1CCN(c2ccc(OCc3ccccc3)cc2)C1=O. The van der Waals surface area contributed by atoms with Gasteiger partial charge in [0.15, 0.2) is 0 Å². The van der Waals surface area contributed by atoms with E-state index in [2.05, 4.69) is 5.32 Å². The van der Waals surface area contributed by atoms with Gasteiger partial charge in [0.25, 0.3) is 0 Å². The number of carbonyl (C=O) groups excluding carboxylic acids is 2. The number of nitrogens with zero attached hydrogens (tertiary/aromatic N) is 1. The van der Waals surface area contributed by atoms with Crippen LogP contribution in [-0.2, 0) is 16.2 Å². The fraction of sp³-hybridized carbons (Fsp3) is 0.364. The molecule has 0 aliphatic carbocycles. The van der Waals surface area contributed by atoms with Crippen LogP contribution in [0.3, 0.4) is 0 Å². The molecule has 1 heterocycles. The van der Waals surface area contributed by atoms with E-state index in [9.17, 15) is 9.59 Å². The molecule has 5 heteroatoms. The first kappa shape index (κ1) is 19.0. The zero-order chi connectivity index (χ0) is 19.4. The minimum absolute atomic E-state index is 0.144. The fourth-order valence-electron chi connectivity index (χ4n) is 3.10. The molecule has 2 aromatic rings. The number of ether oxygens (including phenoxy) is 1. The van der Waals surface area contributed by atoms with E-state index in [1.165, 1.54) is 0 Å². The van der Waals surface area contributed by atoms with Crippen molar-refractivity contribution in [1.82, 2.24) is 5.32 Å². The summed E-state index contributed by atoms with van der Waals surface area (Å²) in [5, 5.41) is 2.90. The van der Waals surface area contributed by atoms with Crippen LogP contribution in [0.5, 0.6) is 5.75 Å². The summed E-state index contributed by atoms with van der Waals surface area (Å²) in [6, 6.07) is 17.4. The molecule has 1 saturated heterocycles. The first-order valence-corrected chi connectivity index (χ1v) is 9.24. The van der Waals surface area contributed by atoms with Crippen LogP contribution in [-0.4, -0.2) is 23.9 Å². The molecule has 1 atom stereocenters. The molecule has 1 fully saturated rings. The van der Waals surface area contributed by atoms with Crippen LogP contribution in [0.2, 0.25) is 0 Å². The molecule has 2 amide bonds. The van der Waals surface area contributed by atoms with Gasteiger partial charge >= 0.3 is 0 Å². The molecular weight excluding hydrogens is 340 g/mol. The first-order valence-electron chi connectivity index (χ1n) is 9.24. The molecule has 0 radical (unpaired) electrons. The Labute approximate surface area is 160 Å². The monoisotopic (exact) mass is 366 g/mol. The highest BCUT2D eigenvalue weighted by Gasteiger charge is 2.38. The molecule has 0 unspecified atom stereocenters. The van der Waals surface area contributed by atoms with Gasteiger partial charge < -0.3 is 15.0 Å². The second kappa shape index (κ2) is 7.82. The molecule has 1 aliphatic rings. The van der Waals surface area contributed by atoms with Crippen molar-refractivity contribution in [2.45, 2.75) is 39.3 Å². The second-order valence-corrected chi connectivity index (χ2v) is 7.84. The Morgan fingerprint density at radius 2 is 1.78 bits per heavy atom. The van der Waals surface area contributed by atoms with Crippen molar-refractivity contribution in [2.24, 2.45) is 5.92 Å². The molecule has 142 valence electrons. The average Bonchev–Trinajstić information content (AvgIpc) is 3.01. The molecule has 0 saturated carbocycles. The normalized spacial score (nSPS) is 17.1. The van der Waals surface area contributed by atoms with Gasteiger partial charge in [0, 0.05) is 17.8 Å². The van der Waals surface area contributed by atoms with Gasteiger partial charge in [-0.25, -0.2) is 0 Å². The lowest BCUT2D eigenvalue weighted by Crippen LogP contribution is -2.45. The molecule has 1 aliphatic heterocycles. The van der Waals surface area contributed by atoms with E-state index in [0.717, 1.165) is 17.0 Å². The quantitative estimate of drug-likeness (QED) is 0.824. The molecule has 0 aromatic heterocycles. The maximum atomic E-state index is 12.7. The van der Waals surface area contributed by atoms with Gasteiger partial charge in [0.05, 0.1) is 0 Å². The molecular formula is C22H26N2O3. The van der Waals surface area contributed by atoms with E-state index in [4.69, 9.17) is 4.74 Å². The van der Waals surface area contributed by atoms with Crippen molar-refractivity contribution in [3.8, 4) is 5.75 Å². The zero-order valence-electron chi connectivity index (χ0n) is 16.1. The summed E-state index contributed by atoms with van der Waals surface area (Å²) in [5.41, 5.74) is 1.55. The fourth-order valence-corrected chi connectivity index (χ4v) is 3.10. The molecule has 0 spiro atoms. The van der Waals surface area contributed by atoms with E-state index >= 15 is 0 Å². The Bertz CT molecular complexity index is 795. The van der Waals surface area contributed by atoms with Crippen molar-refractivity contribution in [3.63, 3.8) is 0 Å². The Morgan fingerprint density at radius 3 is 2.41 bits per heavy atom. The lowest BCUT2D eigenvalue weighted by atomic mass is 10.0. The minimum atomic E-state index is -0.613. The summed E-state index contributed by atoms with van der Waals surface area (Å²) in [7, 11) is 0. The highest BCUT2D eigenvalue weighted by Crippen LogP contribution is 2.27. The van der Waals surface area contributed by atoms with E-state index in [1.54, 1.807) is 4.90 Å². The standard InChI is InChI=1S/C22H26N2O3/c1-22(2,3)23-20(25)19-13-14-24(21(19)26)17-9-11-18(12-10-17)27-15-16-7-5-4-6-8-16/h4-12,19H,13-15H2,1-3H3,(H,23,25)/t19-/m1/s1. The van der Waals surface area contributed by atoms with E-state index < -0.39 is 5.92 Å². The van der Waals surface area contributed by atoms with E-state index in [1.807, 2.05) is 75.4 Å². The summed E-state index contributed by atoms with van der Waals surface area (Å²) < 4.78 is 5.78. The van der Waals surface area contributed by atoms with E-state index in [-0.39, 0.29) is 17.4 Å².